The maximum Gasteiger partial charge on any atom is 0.326 e. The fourth-order valence-corrected chi connectivity index (χ4v) is 3.06. The second-order valence-electron chi connectivity index (χ2n) is 6.84. The van der Waals surface area contributed by atoms with Crippen LogP contribution in [-0.4, -0.2) is 54.0 Å². The number of amides is 1. The minimum absolute atomic E-state index is 0.00791. The van der Waals surface area contributed by atoms with Crippen LogP contribution in [0.1, 0.15) is 34.5 Å². The van der Waals surface area contributed by atoms with Crippen molar-refractivity contribution in [2.75, 3.05) is 5.73 Å². The molecule has 3 aromatic rings. The molecule has 0 bridgehead atoms. The highest BCUT2D eigenvalue weighted by Crippen LogP contribution is 2.15. The van der Waals surface area contributed by atoms with Crippen molar-refractivity contribution in [2.24, 2.45) is 0 Å². The number of carbonyl (C=O) groups excluding carboxylic acids is 1. The third-order valence-electron chi connectivity index (χ3n) is 4.63. The van der Waals surface area contributed by atoms with Gasteiger partial charge in [-0.05, 0) is 36.5 Å². The number of aromatic nitrogens is 4. The van der Waals surface area contributed by atoms with Crippen LogP contribution in [0.25, 0.3) is 11.0 Å². The molecule has 3 heterocycles. The van der Waals surface area contributed by atoms with Gasteiger partial charge in [-0.2, -0.15) is 4.98 Å². The highest BCUT2D eigenvalue weighted by molar-refractivity contribution is 5.95. The van der Waals surface area contributed by atoms with Crippen molar-refractivity contribution in [1.82, 2.24) is 25.3 Å². The van der Waals surface area contributed by atoms with Crippen LogP contribution in [0, 0.1) is 0 Å². The van der Waals surface area contributed by atoms with Crippen molar-refractivity contribution >= 4 is 34.8 Å². The van der Waals surface area contributed by atoms with E-state index in [1.54, 1.807) is 12.3 Å². The Hall–Kier alpha value is -4.22. The van der Waals surface area contributed by atoms with Gasteiger partial charge in [-0.15, -0.1) is 0 Å². The Labute approximate surface area is 174 Å². The number of rotatable bonds is 9. The summed E-state index contributed by atoms with van der Waals surface area (Å²) in [5.74, 6) is -3.16. The summed E-state index contributed by atoms with van der Waals surface area (Å²) in [7, 11) is 0. The van der Waals surface area contributed by atoms with Gasteiger partial charge in [-0.1, -0.05) is 6.07 Å². The summed E-state index contributed by atoms with van der Waals surface area (Å²) in [5, 5.41) is 20.5. The van der Waals surface area contributed by atoms with Gasteiger partial charge in [0, 0.05) is 18.8 Å². The Morgan fingerprint density at radius 1 is 1.19 bits per heavy atom. The predicted molar refractivity (Wildman–Crippen MR) is 109 cm³/mol. The van der Waals surface area contributed by atoms with Gasteiger partial charge in [0.1, 0.15) is 17.4 Å². The Balaban J connectivity index is 1.64. The van der Waals surface area contributed by atoms with Gasteiger partial charge in [0.15, 0.2) is 0 Å². The van der Waals surface area contributed by atoms with E-state index in [1.165, 1.54) is 12.3 Å². The lowest BCUT2D eigenvalue weighted by molar-refractivity contribution is -0.140. The molecule has 3 rings (SSSR count). The summed E-state index contributed by atoms with van der Waals surface area (Å²) >= 11 is 0. The van der Waals surface area contributed by atoms with Crippen LogP contribution in [0.15, 0.2) is 29.3 Å². The first-order valence-electron chi connectivity index (χ1n) is 9.30. The summed E-state index contributed by atoms with van der Waals surface area (Å²) in [6.07, 6.45) is 3.59. The number of aryl methyl sites for hydroxylation is 2. The zero-order valence-corrected chi connectivity index (χ0v) is 16.2. The largest absolute Gasteiger partial charge is 0.481 e. The SMILES string of the molecule is Nc1nc2[nH]cc(CCc3ccc(C(=O)N[C@@H](CCC(=O)O)C(=O)O)nc3)c2c(=O)[nH]1. The van der Waals surface area contributed by atoms with Gasteiger partial charge in [-0.3, -0.25) is 24.4 Å². The maximum absolute atomic E-state index is 12.2. The Kier molecular flexibility index (Phi) is 6.29. The molecule has 0 saturated carbocycles. The summed E-state index contributed by atoms with van der Waals surface area (Å²) in [4.78, 5) is 59.6. The number of H-pyrrole nitrogens is 2. The molecule has 1 amide bonds. The molecule has 162 valence electrons. The van der Waals surface area contributed by atoms with Gasteiger partial charge in [0.25, 0.3) is 11.5 Å². The second-order valence-corrected chi connectivity index (χ2v) is 6.84. The number of nitrogens with one attached hydrogen (secondary N) is 3. The molecule has 0 fully saturated rings. The lowest BCUT2D eigenvalue weighted by Gasteiger charge is -2.13. The highest BCUT2D eigenvalue weighted by Gasteiger charge is 2.22. The number of carboxylic acids is 2. The van der Waals surface area contributed by atoms with E-state index in [0.29, 0.717) is 23.9 Å². The van der Waals surface area contributed by atoms with Crippen LogP contribution < -0.4 is 16.6 Å². The summed E-state index contributed by atoms with van der Waals surface area (Å²) in [5.41, 5.74) is 7.16. The third-order valence-corrected chi connectivity index (χ3v) is 4.63. The van der Waals surface area contributed by atoms with Crippen molar-refractivity contribution in [1.29, 1.82) is 0 Å². The number of fused-ring (bicyclic) bond motifs is 1. The molecule has 0 saturated heterocycles. The normalized spacial score (nSPS) is 11.9. The van der Waals surface area contributed by atoms with E-state index in [4.69, 9.17) is 15.9 Å². The molecule has 0 spiro atoms. The smallest absolute Gasteiger partial charge is 0.326 e. The first-order valence-corrected chi connectivity index (χ1v) is 9.30. The number of aliphatic carboxylic acids is 2. The Morgan fingerprint density at radius 3 is 2.61 bits per heavy atom. The monoisotopic (exact) mass is 428 g/mol. The molecule has 31 heavy (non-hydrogen) atoms. The topological polar surface area (TPSA) is 204 Å². The van der Waals surface area contributed by atoms with E-state index in [0.717, 1.165) is 11.1 Å². The lowest BCUT2D eigenvalue weighted by atomic mass is 10.1. The van der Waals surface area contributed by atoms with E-state index in [2.05, 4.69) is 25.3 Å². The molecule has 7 N–H and O–H groups in total. The average molecular weight is 428 g/mol. The zero-order valence-electron chi connectivity index (χ0n) is 16.2. The minimum Gasteiger partial charge on any atom is -0.481 e. The number of carbonyl (C=O) groups is 3. The summed E-state index contributed by atoms with van der Waals surface area (Å²) < 4.78 is 0. The molecule has 1 atom stereocenters. The molecule has 3 aromatic heterocycles. The molecule has 12 heteroatoms. The quantitative estimate of drug-likeness (QED) is 0.272. The van der Waals surface area contributed by atoms with E-state index in [9.17, 15) is 19.2 Å². The molecule has 0 unspecified atom stereocenters. The Morgan fingerprint density at radius 2 is 1.97 bits per heavy atom. The van der Waals surface area contributed by atoms with Crippen LogP contribution in [-0.2, 0) is 22.4 Å². The number of anilines is 1. The zero-order chi connectivity index (χ0) is 22.5. The molecule has 0 aliphatic carbocycles. The summed E-state index contributed by atoms with van der Waals surface area (Å²) in [6.45, 7) is 0. The molecule has 12 nitrogen and oxygen atoms in total. The first-order chi connectivity index (χ1) is 14.7. The van der Waals surface area contributed by atoms with Crippen LogP contribution in [0.3, 0.4) is 0 Å². The van der Waals surface area contributed by atoms with Gasteiger partial charge in [0.2, 0.25) is 5.95 Å². The summed E-state index contributed by atoms with van der Waals surface area (Å²) in [6, 6.07) is 1.79. The van der Waals surface area contributed by atoms with E-state index in [1.807, 2.05) is 0 Å². The number of pyridine rings is 1. The Bertz CT molecular complexity index is 1180. The first kappa shape index (κ1) is 21.5. The van der Waals surface area contributed by atoms with Crippen molar-refractivity contribution < 1.29 is 24.6 Å². The number of nitrogens with two attached hydrogens (primary N) is 1. The third kappa shape index (κ3) is 5.23. The number of aromatic amines is 2. The molecule has 0 aliphatic heterocycles. The van der Waals surface area contributed by atoms with Crippen molar-refractivity contribution in [3.63, 3.8) is 0 Å². The average Bonchev–Trinajstić information content (AvgIpc) is 3.12. The standard InChI is InChI=1S/C19H20N6O6/c20-19-24-15-14(17(29)25-19)10(8-22-15)3-1-9-2-4-11(21-7-9)16(28)23-12(18(30)31)5-6-13(26)27/h2,4,7-8,12H,1,3,5-6H2,(H,23,28)(H,26,27)(H,30,31)(H4,20,22,24,25,29)/t12-/m0/s1. The number of nitrogen functional groups attached to an aromatic ring is 1. The highest BCUT2D eigenvalue weighted by atomic mass is 16.4. The van der Waals surface area contributed by atoms with Crippen LogP contribution in [0.2, 0.25) is 0 Å². The van der Waals surface area contributed by atoms with Crippen molar-refractivity contribution in [3.8, 4) is 0 Å². The predicted octanol–water partition coefficient (Wildman–Crippen LogP) is 0.0614. The fraction of sp³-hybridized carbons (Fsp3) is 0.263. The van der Waals surface area contributed by atoms with Crippen molar-refractivity contribution in [3.05, 3.63) is 51.7 Å². The molecular weight excluding hydrogens is 408 g/mol. The molecule has 0 aromatic carbocycles. The van der Waals surface area contributed by atoms with Gasteiger partial charge >= 0.3 is 11.9 Å². The lowest BCUT2D eigenvalue weighted by Crippen LogP contribution is -2.41. The van der Waals surface area contributed by atoms with Gasteiger partial charge < -0.3 is 26.2 Å². The molecule has 0 aliphatic rings. The van der Waals surface area contributed by atoms with E-state index < -0.39 is 23.9 Å². The molecule has 0 radical (unpaired) electrons. The van der Waals surface area contributed by atoms with Crippen molar-refractivity contribution in [2.45, 2.75) is 31.7 Å². The fourth-order valence-electron chi connectivity index (χ4n) is 3.06. The molecular formula is C19H20N6O6. The number of carboxylic acid groups (broad SMARTS) is 2. The second kappa shape index (κ2) is 9.07. The number of hydrogen-bond acceptors (Lipinski definition) is 7. The minimum atomic E-state index is -1.33. The van der Waals surface area contributed by atoms with Crippen LogP contribution >= 0.6 is 0 Å². The van der Waals surface area contributed by atoms with Gasteiger partial charge in [0.05, 0.1) is 5.39 Å². The van der Waals surface area contributed by atoms with Gasteiger partial charge in [-0.25, -0.2) is 4.79 Å². The van der Waals surface area contributed by atoms with E-state index in [-0.39, 0.29) is 30.0 Å². The van der Waals surface area contributed by atoms with Crippen LogP contribution in [0.5, 0.6) is 0 Å². The van der Waals surface area contributed by atoms with Crippen LogP contribution in [0.4, 0.5) is 5.95 Å². The number of nitrogens with zero attached hydrogens (tertiary/aromatic N) is 2. The number of hydrogen-bond donors (Lipinski definition) is 6. The maximum atomic E-state index is 12.2. The van der Waals surface area contributed by atoms with E-state index >= 15 is 0 Å².